The molecule has 1 saturated carbocycles. The van der Waals surface area contributed by atoms with Crippen LogP contribution in [-0.4, -0.2) is 24.2 Å². The third-order valence-electron chi connectivity index (χ3n) is 2.92. The Morgan fingerprint density at radius 3 is 2.57 bits per heavy atom. The molecule has 1 aliphatic carbocycles. The van der Waals surface area contributed by atoms with Gasteiger partial charge in [0.05, 0.1) is 5.92 Å². The average Bonchev–Trinajstić information content (AvgIpc) is 2.19. The van der Waals surface area contributed by atoms with Crippen molar-refractivity contribution in [2.75, 3.05) is 13.1 Å². The van der Waals surface area contributed by atoms with Crippen molar-refractivity contribution in [2.24, 2.45) is 11.8 Å². The van der Waals surface area contributed by atoms with Gasteiger partial charge in [-0.3, -0.25) is 4.79 Å². The summed E-state index contributed by atoms with van der Waals surface area (Å²) in [6.45, 7) is 5.48. The van der Waals surface area contributed by atoms with Gasteiger partial charge in [0.25, 0.3) is 0 Å². The minimum Gasteiger partial charge on any atom is -0.481 e. The number of aliphatic carboxylic acids is 1. The first-order valence-corrected chi connectivity index (χ1v) is 5.28. The number of nitrogens with one attached hydrogen (secondary N) is 1. The third kappa shape index (κ3) is 3.50. The van der Waals surface area contributed by atoms with Gasteiger partial charge in [-0.15, -0.1) is 6.58 Å². The molecule has 0 saturated heterocycles. The van der Waals surface area contributed by atoms with Crippen LogP contribution in [0.25, 0.3) is 0 Å². The second-order valence-electron chi connectivity index (χ2n) is 4.00. The first-order valence-electron chi connectivity index (χ1n) is 5.28. The van der Waals surface area contributed by atoms with Crippen molar-refractivity contribution in [1.29, 1.82) is 0 Å². The molecule has 0 aliphatic heterocycles. The molecule has 2 N–H and O–H groups in total. The molecular formula is C11H19NO2. The van der Waals surface area contributed by atoms with E-state index in [1.165, 1.54) is 0 Å². The molecule has 3 nitrogen and oxygen atoms in total. The van der Waals surface area contributed by atoms with Gasteiger partial charge in [-0.05, 0) is 38.1 Å². The van der Waals surface area contributed by atoms with Gasteiger partial charge in [0.15, 0.2) is 0 Å². The fourth-order valence-corrected chi connectivity index (χ4v) is 2.00. The number of hydrogen-bond donors (Lipinski definition) is 2. The Morgan fingerprint density at radius 1 is 1.43 bits per heavy atom. The Bertz CT molecular complexity index is 195. The van der Waals surface area contributed by atoms with E-state index in [9.17, 15) is 4.79 Å². The molecule has 1 rings (SSSR count). The normalized spacial score (nSPS) is 27.1. The zero-order valence-electron chi connectivity index (χ0n) is 8.54. The van der Waals surface area contributed by atoms with E-state index in [0.717, 1.165) is 38.8 Å². The van der Waals surface area contributed by atoms with Crippen molar-refractivity contribution in [1.82, 2.24) is 5.32 Å². The van der Waals surface area contributed by atoms with Crippen LogP contribution in [0.3, 0.4) is 0 Å². The van der Waals surface area contributed by atoms with Crippen LogP contribution in [-0.2, 0) is 4.79 Å². The van der Waals surface area contributed by atoms with Crippen molar-refractivity contribution in [3.63, 3.8) is 0 Å². The Labute approximate surface area is 85.2 Å². The highest BCUT2D eigenvalue weighted by molar-refractivity contribution is 5.69. The Hall–Kier alpha value is -0.830. The SMILES string of the molecule is C=CCNCC1CCC(C(=O)O)CC1. The number of hydrogen-bond acceptors (Lipinski definition) is 2. The molecule has 0 amide bonds. The van der Waals surface area contributed by atoms with Crippen LogP contribution in [0.5, 0.6) is 0 Å². The van der Waals surface area contributed by atoms with E-state index in [1.54, 1.807) is 0 Å². The van der Waals surface area contributed by atoms with Crippen LogP contribution in [0.15, 0.2) is 12.7 Å². The van der Waals surface area contributed by atoms with Crippen LogP contribution in [0.1, 0.15) is 25.7 Å². The average molecular weight is 197 g/mol. The molecule has 0 aromatic rings. The van der Waals surface area contributed by atoms with Gasteiger partial charge in [-0.2, -0.15) is 0 Å². The van der Waals surface area contributed by atoms with Crippen molar-refractivity contribution in [3.05, 3.63) is 12.7 Å². The van der Waals surface area contributed by atoms with Gasteiger partial charge in [0.2, 0.25) is 0 Å². The highest BCUT2D eigenvalue weighted by Crippen LogP contribution is 2.28. The largest absolute Gasteiger partial charge is 0.481 e. The van der Waals surface area contributed by atoms with Crippen LogP contribution < -0.4 is 5.32 Å². The van der Waals surface area contributed by atoms with Crippen molar-refractivity contribution in [2.45, 2.75) is 25.7 Å². The van der Waals surface area contributed by atoms with E-state index in [0.29, 0.717) is 5.92 Å². The van der Waals surface area contributed by atoms with Crippen LogP contribution in [0.4, 0.5) is 0 Å². The van der Waals surface area contributed by atoms with E-state index >= 15 is 0 Å². The minimum atomic E-state index is -0.623. The van der Waals surface area contributed by atoms with Gasteiger partial charge < -0.3 is 10.4 Å². The molecule has 3 heteroatoms. The summed E-state index contributed by atoms with van der Waals surface area (Å²) in [4.78, 5) is 10.7. The molecular weight excluding hydrogens is 178 g/mol. The van der Waals surface area contributed by atoms with Gasteiger partial charge in [0.1, 0.15) is 0 Å². The minimum absolute atomic E-state index is 0.0920. The maximum atomic E-state index is 10.7. The third-order valence-corrected chi connectivity index (χ3v) is 2.92. The lowest BCUT2D eigenvalue weighted by atomic mass is 9.82. The smallest absolute Gasteiger partial charge is 0.306 e. The van der Waals surface area contributed by atoms with E-state index < -0.39 is 5.97 Å². The lowest BCUT2D eigenvalue weighted by molar-refractivity contribution is -0.143. The lowest BCUT2D eigenvalue weighted by Crippen LogP contribution is -2.28. The number of rotatable bonds is 5. The van der Waals surface area contributed by atoms with Gasteiger partial charge in [-0.25, -0.2) is 0 Å². The van der Waals surface area contributed by atoms with E-state index in [4.69, 9.17) is 5.11 Å². The molecule has 0 aromatic heterocycles. The zero-order valence-corrected chi connectivity index (χ0v) is 8.54. The van der Waals surface area contributed by atoms with E-state index in [-0.39, 0.29) is 5.92 Å². The maximum Gasteiger partial charge on any atom is 0.306 e. The monoisotopic (exact) mass is 197 g/mol. The van der Waals surface area contributed by atoms with Crippen molar-refractivity contribution < 1.29 is 9.90 Å². The maximum absolute atomic E-state index is 10.7. The van der Waals surface area contributed by atoms with Gasteiger partial charge >= 0.3 is 5.97 Å². The summed E-state index contributed by atoms with van der Waals surface area (Å²) in [5, 5.41) is 12.1. The van der Waals surface area contributed by atoms with E-state index in [1.807, 2.05) is 6.08 Å². The van der Waals surface area contributed by atoms with Crippen molar-refractivity contribution >= 4 is 5.97 Å². The second-order valence-corrected chi connectivity index (χ2v) is 4.00. The molecule has 0 unspecified atom stereocenters. The first-order chi connectivity index (χ1) is 6.74. The van der Waals surface area contributed by atoms with Crippen molar-refractivity contribution in [3.8, 4) is 0 Å². The molecule has 80 valence electrons. The molecule has 0 atom stereocenters. The zero-order chi connectivity index (χ0) is 10.4. The highest BCUT2D eigenvalue weighted by Gasteiger charge is 2.25. The molecule has 0 radical (unpaired) electrons. The summed E-state index contributed by atoms with van der Waals surface area (Å²) in [7, 11) is 0. The van der Waals surface area contributed by atoms with Gasteiger partial charge in [-0.1, -0.05) is 6.08 Å². The second kappa shape index (κ2) is 5.81. The summed E-state index contributed by atoms with van der Waals surface area (Å²) < 4.78 is 0. The van der Waals surface area contributed by atoms with Crippen LogP contribution in [0, 0.1) is 11.8 Å². The molecule has 14 heavy (non-hydrogen) atoms. The molecule has 0 aromatic carbocycles. The van der Waals surface area contributed by atoms with Gasteiger partial charge in [0, 0.05) is 6.54 Å². The Balaban J connectivity index is 2.15. The summed E-state index contributed by atoms with van der Waals surface area (Å²) in [5.74, 6) is -0.0568. The molecule has 0 spiro atoms. The summed E-state index contributed by atoms with van der Waals surface area (Å²) in [6.07, 6.45) is 5.62. The fraction of sp³-hybridized carbons (Fsp3) is 0.727. The number of carboxylic acid groups (broad SMARTS) is 1. The Morgan fingerprint density at radius 2 is 2.07 bits per heavy atom. The predicted molar refractivity (Wildman–Crippen MR) is 56.2 cm³/mol. The topological polar surface area (TPSA) is 49.3 Å². The Kier molecular flexibility index (Phi) is 4.66. The summed E-state index contributed by atoms with van der Waals surface area (Å²) >= 11 is 0. The van der Waals surface area contributed by atoms with Crippen LogP contribution in [0.2, 0.25) is 0 Å². The van der Waals surface area contributed by atoms with Crippen LogP contribution >= 0.6 is 0 Å². The number of carboxylic acids is 1. The molecule has 1 fully saturated rings. The first kappa shape index (κ1) is 11.2. The predicted octanol–water partition coefficient (Wildman–Crippen LogP) is 1.65. The standard InChI is InChI=1S/C11H19NO2/c1-2-7-12-8-9-3-5-10(6-4-9)11(13)14/h2,9-10,12H,1,3-8H2,(H,13,14). The quantitative estimate of drug-likeness (QED) is 0.520. The fourth-order valence-electron chi connectivity index (χ4n) is 2.00. The highest BCUT2D eigenvalue weighted by atomic mass is 16.4. The molecule has 0 bridgehead atoms. The lowest BCUT2D eigenvalue weighted by Gasteiger charge is -2.26. The molecule has 1 aliphatic rings. The number of carbonyl (C=O) groups is 1. The molecule has 0 heterocycles. The van der Waals surface area contributed by atoms with E-state index in [2.05, 4.69) is 11.9 Å². The summed E-state index contributed by atoms with van der Waals surface area (Å²) in [5.41, 5.74) is 0. The summed E-state index contributed by atoms with van der Waals surface area (Å²) in [6, 6.07) is 0.